The van der Waals surface area contributed by atoms with Crippen molar-refractivity contribution in [3.05, 3.63) is 30.0 Å². The van der Waals surface area contributed by atoms with Crippen LogP contribution < -0.4 is 10.5 Å². The summed E-state index contributed by atoms with van der Waals surface area (Å²) in [6, 6.07) is 6.04. The maximum atomic E-state index is 5.33. The monoisotopic (exact) mass is 191 g/mol. The Morgan fingerprint density at radius 1 is 1.43 bits per heavy atom. The molecule has 0 saturated carbocycles. The summed E-state index contributed by atoms with van der Waals surface area (Å²) in [7, 11) is 1.70. The fourth-order valence-electron chi connectivity index (χ4n) is 1.78. The third-order valence-electron chi connectivity index (χ3n) is 2.42. The lowest BCUT2D eigenvalue weighted by Gasteiger charge is -2.02. The SMILES string of the molecule is COc1cccc2[nH]cc(CC[NH3+])c12. The number of quaternary nitrogens is 1. The summed E-state index contributed by atoms with van der Waals surface area (Å²) in [5.41, 5.74) is 6.29. The van der Waals surface area contributed by atoms with E-state index in [1.54, 1.807) is 7.11 Å². The molecule has 1 aromatic heterocycles. The Bertz CT molecular complexity index is 434. The van der Waals surface area contributed by atoms with E-state index in [-0.39, 0.29) is 0 Å². The lowest BCUT2D eigenvalue weighted by molar-refractivity contribution is -0.366. The highest BCUT2D eigenvalue weighted by atomic mass is 16.5. The van der Waals surface area contributed by atoms with Crippen LogP contribution in [0, 0.1) is 0 Å². The first-order chi connectivity index (χ1) is 6.86. The molecule has 3 heteroatoms. The normalized spacial score (nSPS) is 10.7. The van der Waals surface area contributed by atoms with Gasteiger partial charge in [0.05, 0.1) is 13.7 Å². The van der Waals surface area contributed by atoms with E-state index in [1.807, 2.05) is 18.3 Å². The summed E-state index contributed by atoms with van der Waals surface area (Å²) in [6.45, 7) is 0.908. The number of H-pyrrole nitrogens is 1. The quantitative estimate of drug-likeness (QED) is 0.746. The molecule has 0 saturated heterocycles. The van der Waals surface area contributed by atoms with Crippen LogP contribution in [0.15, 0.2) is 24.4 Å². The van der Waals surface area contributed by atoms with Crippen LogP contribution in [0.25, 0.3) is 10.9 Å². The lowest BCUT2D eigenvalue weighted by Crippen LogP contribution is -2.51. The van der Waals surface area contributed by atoms with Crippen molar-refractivity contribution >= 4 is 10.9 Å². The fourth-order valence-corrected chi connectivity index (χ4v) is 1.78. The van der Waals surface area contributed by atoms with Gasteiger partial charge in [0.2, 0.25) is 0 Å². The molecule has 0 aliphatic rings. The van der Waals surface area contributed by atoms with E-state index < -0.39 is 0 Å². The third kappa shape index (κ3) is 1.36. The second-order valence-corrected chi connectivity index (χ2v) is 3.30. The Labute approximate surface area is 82.9 Å². The van der Waals surface area contributed by atoms with Crippen LogP contribution in [-0.4, -0.2) is 18.6 Å². The van der Waals surface area contributed by atoms with Gasteiger partial charge >= 0.3 is 0 Å². The number of methoxy groups -OCH3 is 1. The highest BCUT2D eigenvalue weighted by Crippen LogP contribution is 2.28. The summed E-state index contributed by atoms with van der Waals surface area (Å²) >= 11 is 0. The van der Waals surface area contributed by atoms with Crippen molar-refractivity contribution in [3.63, 3.8) is 0 Å². The van der Waals surface area contributed by atoms with E-state index in [0.29, 0.717) is 0 Å². The first-order valence-electron chi connectivity index (χ1n) is 4.79. The average molecular weight is 191 g/mol. The number of benzene rings is 1. The number of aromatic amines is 1. The van der Waals surface area contributed by atoms with Crippen molar-refractivity contribution in [3.8, 4) is 5.75 Å². The number of aromatic nitrogens is 1. The zero-order valence-corrected chi connectivity index (χ0v) is 8.34. The van der Waals surface area contributed by atoms with Gasteiger partial charge in [-0.1, -0.05) is 6.07 Å². The second kappa shape index (κ2) is 3.72. The largest absolute Gasteiger partial charge is 0.496 e. The van der Waals surface area contributed by atoms with Gasteiger partial charge in [-0.15, -0.1) is 0 Å². The Kier molecular flexibility index (Phi) is 2.41. The standard InChI is InChI=1S/C11H14N2O/c1-14-10-4-2-3-9-11(10)8(5-6-12)7-13-9/h2-4,7,13H,5-6,12H2,1H3/p+1. The molecule has 1 heterocycles. The van der Waals surface area contributed by atoms with Crippen LogP contribution in [0.5, 0.6) is 5.75 Å². The molecule has 0 amide bonds. The van der Waals surface area contributed by atoms with Crippen molar-refractivity contribution in [2.45, 2.75) is 6.42 Å². The van der Waals surface area contributed by atoms with Crippen LogP contribution in [-0.2, 0) is 6.42 Å². The minimum Gasteiger partial charge on any atom is -0.496 e. The number of ether oxygens (including phenoxy) is 1. The predicted octanol–water partition coefficient (Wildman–Crippen LogP) is 0.961. The Hall–Kier alpha value is -1.48. The van der Waals surface area contributed by atoms with Gasteiger partial charge in [0.1, 0.15) is 5.75 Å². The van der Waals surface area contributed by atoms with Crippen molar-refractivity contribution in [1.29, 1.82) is 0 Å². The first kappa shape index (κ1) is 9.09. The second-order valence-electron chi connectivity index (χ2n) is 3.30. The van der Waals surface area contributed by atoms with E-state index in [2.05, 4.69) is 16.8 Å². The van der Waals surface area contributed by atoms with Crippen LogP contribution >= 0.6 is 0 Å². The summed E-state index contributed by atoms with van der Waals surface area (Å²) in [5.74, 6) is 0.937. The molecule has 4 N–H and O–H groups in total. The van der Waals surface area contributed by atoms with Gasteiger partial charge in [-0.2, -0.15) is 0 Å². The van der Waals surface area contributed by atoms with Crippen LogP contribution in [0.1, 0.15) is 5.56 Å². The van der Waals surface area contributed by atoms with E-state index >= 15 is 0 Å². The summed E-state index contributed by atoms with van der Waals surface area (Å²) in [4.78, 5) is 3.24. The van der Waals surface area contributed by atoms with Crippen molar-refractivity contribution < 1.29 is 10.5 Å². The molecule has 0 aliphatic heterocycles. The molecular weight excluding hydrogens is 176 g/mol. The molecule has 0 atom stereocenters. The number of hydrogen-bond acceptors (Lipinski definition) is 1. The zero-order chi connectivity index (χ0) is 9.97. The van der Waals surface area contributed by atoms with Crippen molar-refractivity contribution in [2.75, 3.05) is 13.7 Å². The Morgan fingerprint density at radius 2 is 2.29 bits per heavy atom. The van der Waals surface area contributed by atoms with E-state index in [0.717, 1.165) is 24.2 Å². The third-order valence-corrected chi connectivity index (χ3v) is 2.42. The summed E-state index contributed by atoms with van der Waals surface area (Å²) < 4.78 is 5.33. The van der Waals surface area contributed by atoms with Crippen LogP contribution in [0.2, 0.25) is 0 Å². The highest BCUT2D eigenvalue weighted by molar-refractivity contribution is 5.89. The van der Waals surface area contributed by atoms with Gasteiger partial charge in [-0.3, -0.25) is 0 Å². The van der Waals surface area contributed by atoms with Crippen molar-refractivity contribution in [2.24, 2.45) is 0 Å². The maximum absolute atomic E-state index is 5.33. The molecule has 2 aromatic rings. The van der Waals surface area contributed by atoms with Gasteiger partial charge in [0.25, 0.3) is 0 Å². The summed E-state index contributed by atoms with van der Waals surface area (Å²) in [6.07, 6.45) is 3.03. The topological polar surface area (TPSA) is 52.7 Å². The molecule has 0 unspecified atom stereocenters. The van der Waals surface area contributed by atoms with E-state index in [4.69, 9.17) is 4.74 Å². The minimum atomic E-state index is 0.908. The number of rotatable bonds is 3. The first-order valence-corrected chi connectivity index (χ1v) is 4.79. The van der Waals surface area contributed by atoms with Gasteiger partial charge in [-0.25, -0.2) is 0 Å². The molecule has 74 valence electrons. The predicted molar refractivity (Wildman–Crippen MR) is 56.3 cm³/mol. The average Bonchev–Trinajstić information content (AvgIpc) is 2.62. The lowest BCUT2D eigenvalue weighted by atomic mass is 10.1. The van der Waals surface area contributed by atoms with Crippen LogP contribution in [0.3, 0.4) is 0 Å². The molecule has 14 heavy (non-hydrogen) atoms. The summed E-state index contributed by atoms with van der Waals surface area (Å²) in [5, 5.41) is 1.19. The Morgan fingerprint density at radius 3 is 3.00 bits per heavy atom. The highest BCUT2D eigenvalue weighted by Gasteiger charge is 2.08. The van der Waals surface area contributed by atoms with Crippen molar-refractivity contribution in [1.82, 2.24) is 4.98 Å². The molecule has 3 nitrogen and oxygen atoms in total. The molecule has 0 bridgehead atoms. The van der Waals surface area contributed by atoms with Gasteiger partial charge < -0.3 is 15.5 Å². The fraction of sp³-hybridized carbons (Fsp3) is 0.273. The van der Waals surface area contributed by atoms with Gasteiger partial charge in [0.15, 0.2) is 0 Å². The number of nitrogens with one attached hydrogen (secondary N) is 1. The molecule has 1 aromatic carbocycles. The molecule has 0 spiro atoms. The molecule has 2 rings (SSSR count). The molecule has 0 fully saturated rings. The van der Waals surface area contributed by atoms with Crippen LogP contribution in [0.4, 0.5) is 0 Å². The number of fused-ring (bicyclic) bond motifs is 1. The van der Waals surface area contributed by atoms with Gasteiger partial charge in [-0.05, 0) is 17.7 Å². The molecule has 0 radical (unpaired) electrons. The maximum Gasteiger partial charge on any atom is 0.128 e. The van der Waals surface area contributed by atoms with E-state index in [9.17, 15) is 0 Å². The minimum absolute atomic E-state index is 0.908. The number of hydrogen-bond donors (Lipinski definition) is 2. The molecule has 0 aliphatic carbocycles. The van der Waals surface area contributed by atoms with E-state index in [1.165, 1.54) is 10.9 Å². The Balaban J connectivity index is 2.62. The zero-order valence-electron chi connectivity index (χ0n) is 8.34. The molecular formula is C11H15N2O+. The smallest absolute Gasteiger partial charge is 0.128 e. The van der Waals surface area contributed by atoms with Gasteiger partial charge in [0, 0.05) is 23.5 Å².